The number of benzene rings is 2. The van der Waals surface area contributed by atoms with Crippen LogP contribution in [0, 0.1) is 20.8 Å². The van der Waals surface area contributed by atoms with Crippen molar-refractivity contribution < 1.29 is 32.7 Å². The number of carbonyl (C=O) groups excluding carboxylic acids is 3. The molecule has 3 amide bonds. The fourth-order valence-corrected chi connectivity index (χ4v) is 11.2. The summed E-state index contributed by atoms with van der Waals surface area (Å²) in [7, 11) is -3.48. The molecule has 2 aromatic carbocycles. The molecule has 214 valence electrons. The summed E-state index contributed by atoms with van der Waals surface area (Å²) in [6, 6.07) is 11.4. The number of rotatable bonds is 11. The molecular formula is C27H41N3O7Si2. The highest BCUT2D eigenvalue weighted by atomic mass is 28.4. The zero-order valence-corrected chi connectivity index (χ0v) is 26.2. The van der Waals surface area contributed by atoms with Gasteiger partial charge in [0.25, 0.3) is 0 Å². The highest BCUT2D eigenvalue weighted by Gasteiger charge is 2.35. The summed E-state index contributed by atoms with van der Waals surface area (Å²) in [6.07, 6.45) is -1.24. The lowest BCUT2D eigenvalue weighted by atomic mass is 10.0. The molecule has 0 fully saturated rings. The summed E-state index contributed by atoms with van der Waals surface area (Å²) in [6.45, 7) is 14.3. The predicted octanol–water partition coefficient (Wildman–Crippen LogP) is 5.45. The molecule has 2 aromatic rings. The van der Waals surface area contributed by atoms with Crippen molar-refractivity contribution >= 4 is 40.6 Å². The Labute approximate surface area is 233 Å². The van der Waals surface area contributed by atoms with E-state index in [4.69, 9.17) is 13.6 Å². The molecule has 0 aliphatic heterocycles. The molecule has 0 spiro atoms. The van der Waals surface area contributed by atoms with E-state index in [-0.39, 0.29) is 19.0 Å². The van der Waals surface area contributed by atoms with Gasteiger partial charge in [-0.2, -0.15) is 0 Å². The number of nitrogens with one attached hydrogen (secondary N) is 3. The first-order valence-electron chi connectivity index (χ1n) is 12.7. The highest BCUT2D eigenvalue weighted by Crippen LogP contribution is 2.19. The van der Waals surface area contributed by atoms with Crippen molar-refractivity contribution in [3.63, 3.8) is 0 Å². The van der Waals surface area contributed by atoms with Gasteiger partial charge in [-0.15, -0.1) is 0 Å². The summed E-state index contributed by atoms with van der Waals surface area (Å²) < 4.78 is 21.9. The number of anilines is 1. The topological polar surface area (TPSA) is 124 Å². The molecule has 2 rings (SSSR count). The van der Waals surface area contributed by atoms with Gasteiger partial charge in [-0.25, -0.2) is 14.4 Å². The lowest BCUT2D eigenvalue weighted by Crippen LogP contribution is -2.51. The van der Waals surface area contributed by atoms with Gasteiger partial charge in [-0.1, -0.05) is 30.3 Å². The van der Waals surface area contributed by atoms with Crippen LogP contribution in [0.25, 0.3) is 0 Å². The Kier molecular flexibility index (Phi) is 11.6. The van der Waals surface area contributed by atoms with Crippen molar-refractivity contribution in [3.05, 3.63) is 64.2 Å². The first-order valence-corrected chi connectivity index (χ1v) is 19.0. The summed E-state index contributed by atoms with van der Waals surface area (Å²) >= 11 is 0. The number of carbonyl (C=O) groups is 3. The molecule has 0 bridgehead atoms. The molecule has 0 heterocycles. The van der Waals surface area contributed by atoms with E-state index in [1.54, 1.807) is 0 Å². The van der Waals surface area contributed by atoms with Gasteiger partial charge < -0.3 is 29.0 Å². The fourth-order valence-electron chi connectivity index (χ4n) is 3.81. The molecule has 12 heteroatoms. The monoisotopic (exact) mass is 575 g/mol. The van der Waals surface area contributed by atoms with Gasteiger partial charge in [-0.3, -0.25) is 5.32 Å². The predicted molar refractivity (Wildman–Crippen MR) is 156 cm³/mol. The maximum Gasteiger partial charge on any atom is 0.411 e. The molecule has 0 atom stereocenters. The Morgan fingerprint density at radius 3 is 2.03 bits per heavy atom. The van der Waals surface area contributed by atoms with Crippen molar-refractivity contribution in [2.24, 2.45) is 0 Å². The van der Waals surface area contributed by atoms with Crippen molar-refractivity contribution in [2.75, 3.05) is 24.9 Å². The number of ether oxygens (including phenoxy) is 3. The summed E-state index contributed by atoms with van der Waals surface area (Å²) in [5.74, 6) is 0. The van der Waals surface area contributed by atoms with Crippen molar-refractivity contribution in [1.29, 1.82) is 0 Å². The summed E-state index contributed by atoms with van der Waals surface area (Å²) in [5, 5.41) is 8.20. The second-order valence-corrected chi connectivity index (χ2v) is 19.0. The van der Waals surface area contributed by atoms with E-state index >= 15 is 0 Å². The molecule has 39 heavy (non-hydrogen) atoms. The Balaban J connectivity index is 1.80. The lowest BCUT2D eigenvalue weighted by Gasteiger charge is -2.33. The standard InChI is InChI=1S/C27H41N3O7Si2/c1-19-10-9-11-24(21(19)3)30-27(33)36-18-39(7,8)37-38(5,6)17-35-26(32)29-16-23-14-22(13-12-20(23)2)15-28-25(31)34-4/h9-14H,15-18H2,1-8H3,(H,28,31)(H,29,32)(H,30,33). The minimum absolute atomic E-state index is 0.159. The van der Waals surface area contributed by atoms with Crippen LogP contribution in [-0.2, 0) is 31.4 Å². The van der Waals surface area contributed by atoms with E-state index in [2.05, 4.69) is 20.7 Å². The normalized spacial score (nSPS) is 11.4. The highest BCUT2D eigenvalue weighted by molar-refractivity contribution is 6.84. The Bertz CT molecular complexity index is 1170. The third-order valence-electron chi connectivity index (χ3n) is 5.95. The lowest BCUT2D eigenvalue weighted by molar-refractivity contribution is 0.157. The molecule has 0 saturated heterocycles. The number of methoxy groups -OCH3 is 1. The minimum atomic E-state index is -2.40. The van der Waals surface area contributed by atoms with E-state index in [0.29, 0.717) is 12.2 Å². The molecule has 3 N–H and O–H groups in total. The summed E-state index contributed by atoms with van der Waals surface area (Å²) in [5.41, 5.74) is 5.59. The number of amides is 3. The van der Waals surface area contributed by atoms with Crippen LogP contribution in [0.1, 0.15) is 27.8 Å². The van der Waals surface area contributed by atoms with Crippen LogP contribution in [-0.4, -0.2) is 54.5 Å². The van der Waals surface area contributed by atoms with E-state index in [1.807, 2.05) is 83.4 Å². The zero-order valence-electron chi connectivity index (χ0n) is 24.2. The minimum Gasteiger partial charge on any atom is -0.453 e. The Hall–Kier alpha value is -3.36. The van der Waals surface area contributed by atoms with Crippen LogP contribution in [0.2, 0.25) is 26.2 Å². The molecule has 10 nitrogen and oxygen atoms in total. The molecular weight excluding hydrogens is 534 g/mol. The second kappa shape index (κ2) is 14.1. The number of hydrogen-bond acceptors (Lipinski definition) is 7. The third-order valence-corrected chi connectivity index (χ3v) is 12.1. The molecule has 0 saturated carbocycles. The molecule has 0 aliphatic carbocycles. The van der Waals surface area contributed by atoms with Crippen LogP contribution < -0.4 is 16.0 Å². The average molecular weight is 576 g/mol. The smallest absolute Gasteiger partial charge is 0.411 e. The van der Waals surface area contributed by atoms with Crippen LogP contribution in [0.15, 0.2) is 36.4 Å². The largest absolute Gasteiger partial charge is 0.453 e. The van der Waals surface area contributed by atoms with Crippen molar-refractivity contribution in [3.8, 4) is 0 Å². The Morgan fingerprint density at radius 2 is 1.38 bits per heavy atom. The average Bonchev–Trinajstić information content (AvgIpc) is 2.87. The third kappa shape index (κ3) is 11.1. The van der Waals surface area contributed by atoms with Crippen LogP contribution in [0.3, 0.4) is 0 Å². The number of aryl methyl sites for hydroxylation is 2. The van der Waals surface area contributed by atoms with E-state index in [1.165, 1.54) is 7.11 Å². The van der Waals surface area contributed by atoms with Crippen molar-refractivity contribution in [1.82, 2.24) is 10.6 Å². The van der Waals surface area contributed by atoms with E-state index < -0.39 is 34.9 Å². The molecule has 0 radical (unpaired) electrons. The van der Waals surface area contributed by atoms with Crippen LogP contribution in [0.5, 0.6) is 0 Å². The van der Waals surface area contributed by atoms with Gasteiger partial charge in [0, 0.05) is 18.8 Å². The molecule has 0 aliphatic rings. The fraction of sp³-hybridized carbons (Fsp3) is 0.444. The SMILES string of the molecule is COC(=O)NCc1ccc(C)c(CNC(=O)OC[Si](C)(C)O[Si](C)(C)COC(=O)Nc2cccc(C)c2C)c1. The molecule has 0 aromatic heterocycles. The van der Waals surface area contributed by atoms with Gasteiger partial charge in [0.1, 0.15) is 12.5 Å². The zero-order chi connectivity index (χ0) is 29.2. The van der Waals surface area contributed by atoms with Gasteiger partial charge >= 0.3 is 18.3 Å². The maximum atomic E-state index is 12.4. The van der Waals surface area contributed by atoms with Gasteiger partial charge in [0.15, 0.2) is 0 Å². The first-order chi connectivity index (χ1) is 18.2. The van der Waals surface area contributed by atoms with Gasteiger partial charge in [0.05, 0.1) is 7.11 Å². The maximum absolute atomic E-state index is 12.4. The summed E-state index contributed by atoms with van der Waals surface area (Å²) in [4.78, 5) is 36.1. The van der Waals surface area contributed by atoms with E-state index in [9.17, 15) is 14.4 Å². The van der Waals surface area contributed by atoms with Gasteiger partial charge in [-0.05, 0) is 80.8 Å². The van der Waals surface area contributed by atoms with Crippen molar-refractivity contribution in [2.45, 2.75) is 60.0 Å². The van der Waals surface area contributed by atoms with Crippen LogP contribution >= 0.6 is 0 Å². The van der Waals surface area contributed by atoms with E-state index in [0.717, 1.165) is 27.8 Å². The van der Waals surface area contributed by atoms with Gasteiger partial charge in [0.2, 0.25) is 16.6 Å². The number of alkyl carbamates (subject to hydrolysis) is 2. The quantitative estimate of drug-likeness (QED) is 0.240. The second-order valence-electron chi connectivity index (χ2n) is 10.6. The Morgan fingerprint density at radius 1 is 0.769 bits per heavy atom. The number of hydrogen-bond donors (Lipinski definition) is 3. The van der Waals surface area contributed by atoms with Crippen LogP contribution in [0.4, 0.5) is 20.1 Å². The first kappa shape index (κ1) is 31.9. The molecule has 0 unspecified atom stereocenters.